The van der Waals surface area contributed by atoms with Crippen LogP contribution in [-0.2, 0) is 11.3 Å². The Bertz CT molecular complexity index is 667. The summed E-state index contributed by atoms with van der Waals surface area (Å²) in [6, 6.07) is 9.10. The maximum Gasteiger partial charge on any atom is 0.289 e. The third-order valence-corrected chi connectivity index (χ3v) is 2.95. The molecule has 0 fully saturated rings. The molecule has 1 aromatic heterocycles. The van der Waals surface area contributed by atoms with Gasteiger partial charge in [0.1, 0.15) is 11.4 Å². The molecule has 0 spiro atoms. The Labute approximate surface area is 123 Å². The van der Waals surface area contributed by atoms with Crippen LogP contribution in [0.4, 0.5) is 5.69 Å². The van der Waals surface area contributed by atoms with Gasteiger partial charge >= 0.3 is 0 Å². The molecule has 2 rings (SSSR count). The first kappa shape index (κ1) is 15.1. The van der Waals surface area contributed by atoms with Gasteiger partial charge in [-0.1, -0.05) is 12.1 Å². The van der Waals surface area contributed by atoms with E-state index in [0.717, 1.165) is 11.3 Å². The van der Waals surface area contributed by atoms with Gasteiger partial charge in [0.05, 0.1) is 25.5 Å². The van der Waals surface area contributed by atoms with Crippen molar-refractivity contribution >= 4 is 5.69 Å². The molecule has 0 radical (unpaired) electrons. The average Bonchev–Trinajstić information content (AvgIpc) is 2.49. The molecule has 0 amide bonds. The summed E-state index contributed by atoms with van der Waals surface area (Å²) in [6.45, 7) is 3.27. The van der Waals surface area contributed by atoms with Crippen LogP contribution in [0.1, 0.15) is 6.92 Å². The molecule has 1 heterocycles. The van der Waals surface area contributed by atoms with E-state index in [4.69, 9.17) is 15.2 Å². The van der Waals surface area contributed by atoms with E-state index in [1.807, 2.05) is 31.2 Å². The summed E-state index contributed by atoms with van der Waals surface area (Å²) >= 11 is 0. The minimum absolute atomic E-state index is 0.165. The first-order valence-corrected chi connectivity index (χ1v) is 6.75. The Kier molecular flexibility index (Phi) is 4.94. The lowest BCUT2D eigenvalue weighted by Crippen LogP contribution is -2.27. The van der Waals surface area contributed by atoms with Crippen LogP contribution < -0.4 is 16.0 Å². The molecule has 0 atom stereocenters. The maximum absolute atomic E-state index is 11.9. The molecule has 0 aliphatic carbocycles. The van der Waals surface area contributed by atoms with Gasteiger partial charge in [-0.05, 0) is 25.1 Å². The lowest BCUT2D eigenvalue weighted by Gasteiger charge is -2.10. The van der Waals surface area contributed by atoms with E-state index >= 15 is 0 Å². The average molecular weight is 289 g/mol. The van der Waals surface area contributed by atoms with Gasteiger partial charge in [0.25, 0.3) is 5.56 Å². The minimum atomic E-state index is -0.309. The largest absolute Gasteiger partial charge is 0.494 e. The molecule has 112 valence electrons. The monoisotopic (exact) mass is 289 g/mol. The van der Waals surface area contributed by atoms with E-state index < -0.39 is 0 Å². The number of anilines is 1. The molecule has 1 aromatic carbocycles. The van der Waals surface area contributed by atoms with Gasteiger partial charge in [0, 0.05) is 12.7 Å². The van der Waals surface area contributed by atoms with E-state index in [2.05, 4.69) is 5.10 Å². The van der Waals surface area contributed by atoms with Crippen LogP contribution >= 0.6 is 0 Å². The van der Waals surface area contributed by atoms with Crippen LogP contribution in [0.3, 0.4) is 0 Å². The molecule has 6 heteroatoms. The lowest BCUT2D eigenvalue weighted by molar-refractivity contribution is 0.182. The van der Waals surface area contributed by atoms with Gasteiger partial charge in [0.15, 0.2) is 0 Å². The number of hydrogen-bond acceptors (Lipinski definition) is 5. The molecule has 6 nitrogen and oxygen atoms in total. The van der Waals surface area contributed by atoms with Crippen LogP contribution in [0.15, 0.2) is 35.1 Å². The Balaban J connectivity index is 2.41. The van der Waals surface area contributed by atoms with E-state index in [0.29, 0.717) is 25.5 Å². The van der Waals surface area contributed by atoms with Crippen LogP contribution in [0.2, 0.25) is 0 Å². The fraction of sp³-hybridized carbons (Fsp3) is 0.333. The number of nitrogens with two attached hydrogens (primary N) is 1. The minimum Gasteiger partial charge on any atom is -0.494 e. The Morgan fingerprint density at radius 1 is 1.33 bits per heavy atom. The highest BCUT2D eigenvalue weighted by atomic mass is 16.5. The second-order valence-corrected chi connectivity index (χ2v) is 4.47. The summed E-state index contributed by atoms with van der Waals surface area (Å²) < 4.78 is 11.8. The molecule has 21 heavy (non-hydrogen) atoms. The Morgan fingerprint density at radius 3 is 2.86 bits per heavy atom. The summed E-state index contributed by atoms with van der Waals surface area (Å²) in [7, 11) is 1.57. The number of aromatic nitrogens is 2. The zero-order chi connectivity index (χ0) is 15.2. The first-order valence-electron chi connectivity index (χ1n) is 6.75. The first-order chi connectivity index (χ1) is 10.2. The van der Waals surface area contributed by atoms with Gasteiger partial charge in [-0.25, -0.2) is 4.68 Å². The van der Waals surface area contributed by atoms with Gasteiger partial charge in [0.2, 0.25) is 0 Å². The number of hydrogen-bond donors (Lipinski definition) is 1. The highest BCUT2D eigenvalue weighted by molar-refractivity contribution is 5.63. The number of rotatable bonds is 6. The molecule has 0 saturated carbocycles. The summed E-state index contributed by atoms with van der Waals surface area (Å²) in [5.41, 5.74) is 7.11. The quantitative estimate of drug-likeness (QED) is 0.872. The van der Waals surface area contributed by atoms with E-state index in [9.17, 15) is 4.79 Å². The maximum atomic E-state index is 11.9. The topological polar surface area (TPSA) is 79.4 Å². The summed E-state index contributed by atoms with van der Waals surface area (Å²) in [4.78, 5) is 11.9. The summed E-state index contributed by atoms with van der Waals surface area (Å²) in [5, 5.41) is 4.33. The van der Waals surface area contributed by atoms with Gasteiger partial charge in [-0.3, -0.25) is 4.79 Å². The molecule has 0 aliphatic heterocycles. The highest BCUT2D eigenvalue weighted by Crippen LogP contribution is 2.22. The van der Waals surface area contributed by atoms with Gasteiger partial charge in [-0.15, -0.1) is 0 Å². The van der Waals surface area contributed by atoms with Gasteiger partial charge < -0.3 is 15.2 Å². The van der Waals surface area contributed by atoms with Crippen LogP contribution in [-0.4, -0.2) is 30.1 Å². The second-order valence-electron chi connectivity index (χ2n) is 4.47. The predicted octanol–water partition coefficient (Wildman–Crippen LogP) is 1.54. The molecule has 0 saturated heterocycles. The lowest BCUT2D eigenvalue weighted by atomic mass is 10.1. The van der Waals surface area contributed by atoms with Crippen molar-refractivity contribution in [2.24, 2.45) is 0 Å². The van der Waals surface area contributed by atoms with E-state index in [-0.39, 0.29) is 11.2 Å². The van der Waals surface area contributed by atoms with Gasteiger partial charge in [-0.2, -0.15) is 5.10 Å². The number of nitrogens with zero attached hydrogens (tertiary/aromatic N) is 2. The van der Waals surface area contributed by atoms with Crippen LogP contribution in [0.25, 0.3) is 11.3 Å². The zero-order valence-corrected chi connectivity index (χ0v) is 12.2. The van der Waals surface area contributed by atoms with Crippen molar-refractivity contribution in [3.63, 3.8) is 0 Å². The third-order valence-electron chi connectivity index (χ3n) is 2.95. The summed E-state index contributed by atoms with van der Waals surface area (Å²) in [6.07, 6.45) is 0. The fourth-order valence-corrected chi connectivity index (χ4v) is 1.94. The number of benzene rings is 1. The second kappa shape index (κ2) is 6.90. The Hall–Kier alpha value is -2.34. The van der Waals surface area contributed by atoms with Crippen LogP contribution in [0.5, 0.6) is 5.75 Å². The van der Waals surface area contributed by atoms with Crippen molar-refractivity contribution in [2.75, 3.05) is 26.1 Å². The molecule has 2 aromatic rings. The van der Waals surface area contributed by atoms with Crippen molar-refractivity contribution in [1.29, 1.82) is 0 Å². The van der Waals surface area contributed by atoms with E-state index in [1.54, 1.807) is 13.2 Å². The third kappa shape index (κ3) is 3.61. The van der Waals surface area contributed by atoms with Crippen molar-refractivity contribution in [3.05, 3.63) is 40.7 Å². The summed E-state index contributed by atoms with van der Waals surface area (Å²) in [5.74, 6) is 0.755. The van der Waals surface area contributed by atoms with E-state index in [1.165, 1.54) is 4.68 Å². The molecule has 2 N–H and O–H groups in total. The van der Waals surface area contributed by atoms with Crippen molar-refractivity contribution in [3.8, 4) is 17.0 Å². The van der Waals surface area contributed by atoms with Crippen molar-refractivity contribution in [1.82, 2.24) is 9.78 Å². The molecular formula is C15H19N3O3. The number of ether oxygens (including phenoxy) is 2. The molecular weight excluding hydrogens is 270 g/mol. The smallest absolute Gasteiger partial charge is 0.289 e. The van der Waals surface area contributed by atoms with Crippen LogP contribution in [0, 0.1) is 0 Å². The highest BCUT2D eigenvalue weighted by Gasteiger charge is 2.08. The number of methoxy groups -OCH3 is 1. The molecule has 0 unspecified atom stereocenters. The SMILES string of the molecule is CCOc1cccc(-c2cc(N)c(=O)n(CCOC)n2)c1. The zero-order valence-electron chi connectivity index (χ0n) is 12.2. The molecule has 0 aliphatic rings. The Morgan fingerprint density at radius 2 is 2.14 bits per heavy atom. The number of nitrogen functional groups attached to an aromatic ring is 1. The van der Waals surface area contributed by atoms with Crippen molar-refractivity contribution < 1.29 is 9.47 Å². The molecule has 0 bridgehead atoms. The fourth-order valence-electron chi connectivity index (χ4n) is 1.94. The standard InChI is InChI=1S/C15H19N3O3/c1-3-21-12-6-4-5-11(9-12)14-10-13(16)15(19)18(17-14)7-8-20-2/h4-6,9-10H,3,7-8,16H2,1-2H3. The predicted molar refractivity (Wildman–Crippen MR) is 81.4 cm³/mol. The normalized spacial score (nSPS) is 10.6. The van der Waals surface area contributed by atoms with Crippen molar-refractivity contribution in [2.45, 2.75) is 13.5 Å².